The summed E-state index contributed by atoms with van der Waals surface area (Å²) in [6.07, 6.45) is 0.837. The van der Waals surface area contributed by atoms with Crippen molar-refractivity contribution in [3.05, 3.63) is 65.2 Å². The second-order valence-electron chi connectivity index (χ2n) is 5.19. The van der Waals surface area contributed by atoms with E-state index in [0.29, 0.717) is 6.54 Å². The SMILES string of the molecule is CN(C(=O)C1Cc2ccccc21)c1ccccc1CN. The number of carbonyl (C=O) groups excluding carboxylic acids is 1. The van der Waals surface area contributed by atoms with Crippen molar-refractivity contribution in [3.8, 4) is 0 Å². The number of carbonyl (C=O) groups is 1. The number of hydrogen-bond donors (Lipinski definition) is 1. The Morgan fingerprint density at radius 3 is 2.65 bits per heavy atom. The Bertz CT molecular complexity index is 651. The summed E-state index contributed by atoms with van der Waals surface area (Å²) in [6, 6.07) is 15.9. The van der Waals surface area contributed by atoms with Gasteiger partial charge in [-0.05, 0) is 29.2 Å². The van der Waals surface area contributed by atoms with Gasteiger partial charge in [-0.25, -0.2) is 0 Å². The molecule has 2 N–H and O–H groups in total. The molecule has 3 nitrogen and oxygen atoms in total. The molecule has 3 rings (SSSR count). The highest BCUT2D eigenvalue weighted by Gasteiger charge is 2.34. The minimum atomic E-state index is -0.0120. The predicted octanol–water partition coefficient (Wildman–Crippen LogP) is 2.45. The second-order valence-corrected chi connectivity index (χ2v) is 5.19. The molecule has 0 saturated carbocycles. The lowest BCUT2D eigenvalue weighted by Gasteiger charge is -2.33. The number of fused-ring (bicyclic) bond motifs is 1. The Balaban J connectivity index is 1.85. The van der Waals surface area contributed by atoms with E-state index in [0.717, 1.165) is 23.2 Å². The zero-order valence-electron chi connectivity index (χ0n) is 11.5. The van der Waals surface area contributed by atoms with Crippen molar-refractivity contribution < 1.29 is 4.79 Å². The van der Waals surface area contributed by atoms with Crippen LogP contribution in [0.2, 0.25) is 0 Å². The maximum Gasteiger partial charge on any atom is 0.234 e. The average molecular weight is 266 g/mol. The zero-order valence-corrected chi connectivity index (χ0v) is 11.5. The van der Waals surface area contributed by atoms with Crippen LogP contribution >= 0.6 is 0 Å². The molecule has 1 unspecified atom stereocenters. The van der Waals surface area contributed by atoms with Gasteiger partial charge in [0.15, 0.2) is 0 Å². The van der Waals surface area contributed by atoms with Gasteiger partial charge in [-0.3, -0.25) is 4.79 Å². The van der Waals surface area contributed by atoms with Crippen LogP contribution in [0.3, 0.4) is 0 Å². The minimum absolute atomic E-state index is 0.0120. The molecule has 0 aromatic heterocycles. The van der Waals surface area contributed by atoms with E-state index in [1.807, 2.05) is 49.5 Å². The van der Waals surface area contributed by atoms with Gasteiger partial charge < -0.3 is 10.6 Å². The van der Waals surface area contributed by atoms with Crippen LogP contribution in [-0.4, -0.2) is 13.0 Å². The molecule has 2 aromatic carbocycles. The van der Waals surface area contributed by atoms with E-state index in [9.17, 15) is 4.79 Å². The Labute approximate surface area is 119 Å². The molecule has 3 heteroatoms. The number of amides is 1. The molecule has 0 spiro atoms. The number of nitrogens with zero attached hydrogens (tertiary/aromatic N) is 1. The lowest BCUT2D eigenvalue weighted by molar-refractivity contribution is -0.120. The monoisotopic (exact) mass is 266 g/mol. The first kappa shape index (κ1) is 12.9. The van der Waals surface area contributed by atoms with Gasteiger partial charge in [0, 0.05) is 19.3 Å². The molecule has 1 aliphatic carbocycles. The molecule has 20 heavy (non-hydrogen) atoms. The quantitative estimate of drug-likeness (QED) is 0.927. The molecule has 1 aliphatic rings. The zero-order chi connectivity index (χ0) is 14.1. The fraction of sp³-hybridized carbons (Fsp3) is 0.235. The fourth-order valence-corrected chi connectivity index (χ4v) is 2.84. The first-order valence-electron chi connectivity index (χ1n) is 6.85. The summed E-state index contributed by atoms with van der Waals surface area (Å²) in [5.74, 6) is 0.131. The third-order valence-electron chi connectivity index (χ3n) is 4.06. The Kier molecular flexibility index (Phi) is 3.28. The summed E-state index contributed by atoms with van der Waals surface area (Å²) in [6.45, 7) is 0.440. The Hall–Kier alpha value is -2.13. The van der Waals surface area contributed by atoms with Crippen LogP contribution in [0.1, 0.15) is 22.6 Å². The van der Waals surface area contributed by atoms with Gasteiger partial charge in [-0.15, -0.1) is 0 Å². The van der Waals surface area contributed by atoms with Gasteiger partial charge in [0.2, 0.25) is 5.91 Å². The van der Waals surface area contributed by atoms with Crippen LogP contribution in [0.5, 0.6) is 0 Å². The number of hydrogen-bond acceptors (Lipinski definition) is 2. The lowest BCUT2D eigenvalue weighted by atomic mass is 9.77. The maximum absolute atomic E-state index is 12.6. The number of anilines is 1. The van der Waals surface area contributed by atoms with Crippen molar-refractivity contribution >= 4 is 11.6 Å². The molecule has 0 bridgehead atoms. The number of rotatable bonds is 3. The first-order valence-corrected chi connectivity index (χ1v) is 6.85. The van der Waals surface area contributed by atoms with Crippen LogP contribution in [0, 0.1) is 0 Å². The third-order valence-corrected chi connectivity index (χ3v) is 4.06. The normalized spacial score (nSPS) is 16.2. The molecular weight excluding hydrogens is 248 g/mol. The van der Waals surface area contributed by atoms with E-state index < -0.39 is 0 Å². The molecule has 0 radical (unpaired) electrons. The molecule has 1 amide bonds. The van der Waals surface area contributed by atoms with Gasteiger partial charge in [0.25, 0.3) is 0 Å². The highest BCUT2D eigenvalue weighted by Crippen LogP contribution is 2.37. The van der Waals surface area contributed by atoms with Gasteiger partial charge >= 0.3 is 0 Å². The standard InChI is InChI=1S/C17H18N2O/c1-19(16-9-5-3-7-13(16)11-18)17(20)15-10-12-6-2-4-8-14(12)15/h2-9,15H,10-11,18H2,1H3. The molecule has 0 aliphatic heterocycles. The van der Waals surface area contributed by atoms with Crippen LogP contribution in [0.25, 0.3) is 0 Å². The molecule has 102 valence electrons. The van der Waals surface area contributed by atoms with E-state index in [4.69, 9.17) is 5.73 Å². The van der Waals surface area contributed by atoms with E-state index in [1.54, 1.807) is 4.90 Å². The van der Waals surface area contributed by atoms with E-state index >= 15 is 0 Å². The van der Waals surface area contributed by atoms with Crippen LogP contribution in [0.15, 0.2) is 48.5 Å². The summed E-state index contributed by atoms with van der Waals surface area (Å²) < 4.78 is 0. The molecular formula is C17H18N2O. The summed E-state index contributed by atoms with van der Waals surface area (Å²) in [5, 5.41) is 0. The van der Waals surface area contributed by atoms with Crippen LogP contribution in [-0.2, 0) is 17.8 Å². The van der Waals surface area contributed by atoms with E-state index in [1.165, 1.54) is 5.56 Å². The van der Waals surface area contributed by atoms with Gasteiger partial charge in [0.1, 0.15) is 0 Å². The molecule has 1 atom stereocenters. The summed E-state index contributed by atoms with van der Waals surface area (Å²) >= 11 is 0. The molecule has 0 saturated heterocycles. The largest absolute Gasteiger partial charge is 0.326 e. The van der Waals surface area contributed by atoms with Gasteiger partial charge in [-0.2, -0.15) is 0 Å². The van der Waals surface area contributed by atoms with E-state index in [2.05, 4.69) is 6.07 Å². The van der Waals surface area contributed by atoms with Crippen LogP contribution in [0.4, 0.5) is 5.69 Å². The Morgan fingerprint density at radius 1 is 1.20 bits per heavy atom. The smallest absolute Gasteiger partial charge is 0.234 e. The maximum atomic E-state index is 12.6. The van der Waals surface area contributed by atoms with Gasteiger partial charge in [0.05, 0.1) is 5.92 Å². The average Bonchev–Trinajstić information content (AvgIpc) is 2.47. The van der Waals surface area contributed by atoms with Crippen molar-refractivity contribution in [1.82, 2.24) is 0 Å². The summed E-state index contributed by atoms with van der Waals surface area (Å²) in [7, 11) is 1.83. The predicted molar refractivity (Wildman–Crippen MR) is 80.6 cm³/mol. The van der Waals surface area contributed by atoms with E-state index in [-0.39, 0.29) is 11.8 Å². The third kappa shape index (κ3) is 2.00. The van der Waals surface area contributed by atoms with Crippen molar-refractivity contribution in [2.75, 3.05) is 11.9 Å². The number of benzene rings is 2. The van der Waals surface area contributed by atoms with Crippen molar-refractivity contribution in [2.45, 2.75) is 18.9 Å². The highest BCUT2D eigenvalue weighted by atomic mass is 16.2. The van der Waals surface area contributed by atoms with Gasteiger partial charge in [-0.1, -0.05) is 42.5 Å². The summed E-state index contributed by atoms with van der Waals surface area (Å²) in [5.41, 5.74) is 10.1. The van der Waals surface area contributed by atoms with Crippen molar-refractivity contribution in [3.63, 3.8) is 0 Å². The molecule has 2 aromatic rings. The minimum Gasteiger partial charge on any atom is -0.326 e. The first-order chi connectivity index (χ1) is 9.72. The number of nitrogens with two attached hydrogens (primary N) is 1. The Morgan fingerprint density at radius 2 is 1.90 bits per heavy atom. The number of para-hydroxylation sites is 1. The second kappa shape index (κ2) is 5.10. The topological polar surface area (TPSA) is 46.3 Å². The lowest BCUT2D eigenvalue weighted by Crippen LogP contribution is -2.37. The summed E-state index contributed by atoms with van der Waals surface area (Å²) in [4.78, 5) is 14.4. The van der Waals surface area contributed by atoms with Crippen molar-refractivity contribution in [2.24, 2.45) is 5.73 Å². The molecule has 0 heterocycles. The molecule has 0 fully saturated rings. The van der Waals surface area contributed by atoms with Crippen molar-refractivity contribution in [1.29, 1.82) is 0 Å². The highest BCUT2D eigenvalue weighted by molar-refractivity contribution is 6.00. The number of likely N-dealkylation sites (N-methyl/N-ethyl adjacent to an activating group) is 1. The fourth-order valence-electron chi connectivity index (χ4n) is 2.84. The van der Waals surface area contributed by atoms with Crippen LogP contribution < -0.4 is 10.6 Å².